The summed E-state index contributed by atoms with van der Waals surface area (Å²) >= 11 is 0. The Bertz CT molecular complexity index is 406. The molecule has 3 atom stereocenters. The summed E-state index contributed by atoms with van der Waals surface area (Å²) < 4.78 is 10.8. The van der Waals surface area contributed by atoms with E-state index in [0.29, 0.717) is 11.9 Å². The minimum Gasteiger partial charge on any atom is -0.410 e. The third-order valence-corrected chi connectivity index (χ3v) is 3.36. The van der Waals surface area contributed by atoms with Crippen LogP contribution in [0, 0.1) is 0 Å². The zero-order valence-corrected chi connectivity index (χ0v) is 9.46. The van der Waals surface area contributed by atoms with Gasteiger partial charge in [-0.1, -0.05) is 18.2 Å². The molecule has 2 saturated heterocycles. The number of rotatable bonds is 2. The summed E-state index contributed by atoms with van der Waals surface area (Å²) in [6.07, 6.45) is 3.20. The van der Waals surface area contributed by atoms with Gasteiger partial charge in [0.2, 0.25) is 0 Å². The van der Waals surface area contributed by atoms with Crippen molar-refractivity contribution >= 4 is 6.09 Å². The first-order chi connectivity index (χ1) is 8.31. The molecule has 0 saturated carbocycles. The van der Waals surface area contributed by atoms with E-state index in [1.807, 2.05) is 18.2 Å². The average molecular weight is 233 g/mol. The van der Waals surface area contributed by atoms with Gasteiger partial charge in [-0.25, -0.2) is 4.79 Å². The molecule has 2 bridgehead atoms. The van der Waals surface area contributed by atoms with E-state index in [-0.39, 0.29) is 12.1 Å². The second-order valence-corrected chi connectivity index (χ2v) is 4.56. The molecule has 2 fully saturated rings. The predicted octanol–water partition coefficient (Wildman–Crippen LogP) is 2.09. The number of hydrogen-bond acceptors (Lipinski definition) is 3. The van der Waals surface area contributed by atoms with Gasteiger partial charge in [-0.2, -0.15) is 0 Å². The van der Waals surface area contributed by atoms with Gasteiger partial charge in [0.25, 0.3) is 0 Å². The van der Waals surface area contributed by atoms with Crippen LogP contribution in [-0.4, -0.2) is 24.3 Å². The lowest BCUT2D eigenvalue weighted by molar-refractivity contribution is 0.0968. The predicted molar refractivity (Wildman–Crippen MR) is 61.9 cm³/mol. The van der Waals surface area contributed by atoms with Crippen LogP contribution in [0.25, 0.3) is 0 Å². The molecule has 4 nitrogen and oxygen atoms in total. The number of nitrogens with one attached hydrogen (secondary N) is 1. The maximum Gasteiger partial charge on any atom is 0.412 e. The molecule has 90 valence electrons. The van der Waals surface area contributed by atoms with Crippen LogP contribution in [0.3, 0.4) is 0 Å². The van der Waals surface area contributed by atoms with Crippen LogP contribution < -0.4 is 10.1 Å². The summed E-state index contributed by atoms with van der Waals surface area (Å²) in [5.74, 6) is 0.564. The fourth-order valence-corrected chi connectivity index (χ4v) is 2.57. The third-order valence-electron chi connectivity index (χ3n) is 3.36. The van der Waals surface area contributed by atoms with E-state index < -0.39 is 6.09 Å². The smallest absolute Gasteiger partial charge is 0.410 e. The van der Waals surface area contributed by atoms with Crippen LogP contribution >= 0.6 is 0 Å². The SMILES string of the molecule is O=C(NC1CC2CCC1O2)Oc1ccccc1. The van der Waals surface area contributed by atoms with Crippen LogP contribution in [0.2, 0.25) is 0 Å². The van der Waals surface area contributed by atoms with Crippen LogP contribution in [0.15, 0.2) is 30.3 Å². The highest BCUT2D eigenvalue weighted by molar-refractivity contribution is 5.70. The highest BCUT2D eigenvalue weighted by atomic mass is 16.6. The number of carbonyl (C=O) groups is 1. The van der Waals surface area contributed by atoms with Crippen molar-refractivity contribution in [3.8, 4) is 5.75 Å². The lowest BCUT2D eigenvalue weighted by atomic mass is 9.96. The van der Waals surface area contributed by atoms with Crippen LogP contribution in [0.1, 0.15) is 19.3 Å². The van der Waals surface area contributed by atoms with E-state index in [0.717, 1.165) is 19.3 Å². The molecule has 4 heteroatoms. The van der Waals surface area contributed by atoms with E-state index >= 15 is 0 Å². The highest BCUT2D eigenvalue weighted by Crippen LogP contribution is 2.34. The molecule has 0 aromatic heterocycles. The molecular weight excluding hydrogens is 218 g/mol. The number of fused-ring (bicyclic) bond motifs is 2. The van der Waals surface area contributed by atoms with Crippen molar-refractivity contribution < 1.29 is 14.3 Å². The lowest BCUT2D eigenvalue weighted by Gasteiger charge is -2.19. The molecule has 2 heterocycles. The molecule has 17 heavy (non-hydrogen) atoms. The van der Waals surface area contributed by atoms with Crippen molar-refractivity contribution in [3.63, 3.8) is 0 Å². The Morgan fingerprint density at radius 2 is 2.12 bits per heavy atom. The molecular formula is C13H15NO3. The molecule has 0 aliphatic carbocycles. The molecule has 0 radical (unpaired) electrons. The Morgan fingerprint density at radius 3 is 2.76 bits per heavy atom. The van der Waals surface area contributed by atoms with E-state index in [4.69, 9.17) is 9.47 Å². The maximum absolute atomic E-state index is 11.7. The van der Waals surface area contributed by atoms with Crippen molar-refractivity contribution in [3.05, 3.63) is 30.3 Å². The van der Waals surface area contributed by atoms with E-state index in [9.17, 15) is 4.79 Å². The van der Waals surface area contributed by atoms with Gasteiger partial charge >= 0.3 is 6.09 Å². The van der Waals surface area contributed by atoms with Gasteiger partial charge in [0.05, 0.1) is 18.2 Å². The van der Waals surface area contributed by atoms with Gasteiger partial charge in [0.15, 0.2) is 0 Å². The van der Waals surface area contributed by atoms with Crippen LogP contribution in [0.4, 0.5) is 4.79 Å². The van der Waals surface area contributed by atoms with Crippen molar-refractivity contribution in [1.82, 2.24) is 5.32 Å². The van der Waals surface area contributed by atoms with Crippen molar-refractivity contribution in [1.29, 1.82) is 0 Å². The molecule has 3 unspecified atom stereocenters. The van der Waals surface area contributed by atoms with Crippen molar-refractivity contribution in [2.45, 2.75) is 37.5 Å². The largest absolute Gasteiger partial charge is 0.412 e. The zero-order valence-electron chi connectivity index (χ0n) is 9.46. The molecule has 1 aromatic carbocycles. The van der Waals surface area contributed by atoms with Gasteiger partial charge in [0, 0.05) is 0 Å². The fraction of sp³-hybridized carbons (Fsp3) is 0.462. The first-order valence-electron chi connectivity index (χ1n) is 6.00. The first-order valence-corrected chi connectivity index (χ1v) is 6.00. The average Bonchev–Trinajstić information content (AvgIpc) is 2.92. The molecule has 1 amide bonds. The Labute approximate surface area is 99.9 Å². The van der Waals surface area contributed by atoms with Gasteiger partial charge in [-0.3, -0.25) is 0 Å². The summed E-state index contributed by atoms with van der Waals surface area (Å²) in [5, 5.41) is 2.87. The standard InChI is InChI=1S/C13H15NO3/c15-13(17-9-4-2-1-3-5-9)14-11-8-10-6-7-12(11)16-10/h1-5,10-12H,6-8H2,(H,14,15). The highest BCUT2D eigenvalue weighted by Gasteiger charge is 2.41. The Balaban J connectivity index is 1.54. The Hall–Kier alpha value is -1.55. The second kappa shape index (κ2) is 4.37. The molecule has 3 rings (SSSR count). The Kier molecular flexibility index (Phi) is 2.73. The van der Waals surface area contributed by atoms with E-state index in [1.54, 1.807) is 12.1 Å². The lowest BCUT2D eigenvalue weighted by Crippen LogP contribution is -2.42. The number of hydrogen-bond donors (Lipinski definition) is 1. The molecule has 2 aliphatic heterocycles. The minimum absolute atomic E-state index is 0.116. The zero-order chi connectivity index (χ0) is 11.7. The van der Waals surface area contributed by atoms with Crippen molar-refractivity contribution in [2.24, 2.45) is 0 Å². The minimum atomic E-state index is -0.391. The van der Waals surface area contributed by atoms with E-state index in [2.05, 4.69) is 5.32 Å². The molecule has 2 aliphatic rings. The van der Waals surface area contributed by atoms with Crippen LogP contribution in [0.5, 0.6) is 5.75 Å². The number of para-hydroxylation sites is 1. The third kappa shape index (κ3) is 2.26. The summed E-state index contributed by atoms with van der Waals surface area (Å²) in [5.41, 5.74) is 0. The normalized spacial score (nSPS) is 30.2. The number of benzene rings is 1. The molecule has 1 N–H and O–H groups in total. The second-order valence-electron chi connectivity index (χ2n) is 4.56. The van der Waals surface area contributed by atoms with Gasteiger partial charge in [-0.05, 0) is 31.4 Å². The molecule has 1 aromatic rings. The summed E-state index contributed by atoms with van der Waals surface area (Å²) in [4.78, 5) is 11.7. The quantitative estimate of drug-likeness (QED) is 0.850. The summed E-state index contributed by atoms with van der Waals surface area (Å²) in [7, 11) is 0. The summed E-state index contributed by atoms with van der Waals surface area (Å²) in [6.45, 7) is 0. The first kappa shape index (κ1) is 10.6. The monoisotopic (exact) mass is 233 g/mol. The topological polar surface area (TPSA) is 47.6 Å². The summed E-state index contributed by atoms with van der Waals surface area (Å²) in [6, 6.07) is 9.19. The molecule has 0 spiro atoms. The van der Waals surface area contributed by atoms with E-state index in [1.165, 1.54) is 0 Å². The van der Waals surface area contributed by atoms with Gasteiger partial charge in [0.1, 0.15) is 5.75 Å². The number of carbonyl (C=O) groups excluding carboxylic acids is 1. The fourth-order valence-electron chi connectivity index (χ4n) is 2.57. The maximum atomic E-state index is 11.7. The Morgan fingerprint density at radius 1 is 1.29 bits per heavy atom. The van der Waals surface area contributed by atoms with Gasteiger partial charge in [-0.15, -0.1) is 0 Å². The number of amides is 1. The van der Waals surface area contributed by atoms with Crippen LogP contribution in [-0.2, 0) is 4.74 Å². The van der Waals surface area contributed by atoms with Crippen molar-refractivity contribution in [2.75, 3.05) is 0 Å². The number of ether oxygens (including phenoxy) is 2. The van der Waals surface area contributed by atoms with Gasteiger partial charge < -0.3 is 14.8 Å².